The fourth-order valence-corrected chi connectivity index (χ4v) is 2.17. The second-order valence-corrected chi connectivity index (χ2v) is 5.07. The van der Waals surface area contributed by atoms with Crippen LogP contribution in [0.25, 0.3) is 0 Å². The Labute approximate surface area is 128 Å². The Hall–Kier alpha value is -2.07. The minimum Gasteiger partial charge on any atom is -0.385 e. The fraction of sp³-hybridized carbons (Fsp3) is 0.188. The molecule has 0 saturated heterocycles. The summed E-state index contributed by atoms with van der Waals surface area (Å²) in [5.41, 5.74) is 2.38. The summed E-state index contributed by atoms with van der Waals surface area (Å²) >= 11 is 5.68. The molecule has 0 aliphatic carbocycles. The van der Waals surface area contributed by atoms with Gasteiger partial charge in [-0.25, -0.2) is 4.39 Å². The first kappa shape index (κ1) is 15.3. The third kappa shape index (κ3) is 3.73. The molecule has 0 unspecified atom stereocenters. The normalized spacial score (nSPS) is 10.3. The van der Waals surface area contributed by atoms with Gasteiger partial charge in [0.2, 0.25) is 0 Å². The van der Waals surface area contributed by atoms with Gasteiger partial charge in [-0.05, 0) is 55.8 Å². The number of nitrogens with one attached hydrogen (secondary N) is 2. The van der Waals surface area contributed by atoms with Crippen LogP contribution in [0.4, 0.5) is 15.8 Å². The van der Waals surface area contributed by atoms with Gasteiger partial charge < -0.3 is 10.6 Å². The van der Waals surface area contributed by atoms with E-state index in [4.69, 9.17) is 11.6 Å². The summed E-state index contributed by atoms with van der Waals surface area (Å²) in [7, 11) is 0. The van der Waals surface area contributed by atoms with Crippen molar-refractivity contribution in [2.75, 3.05) is 17.2 Å². The van der Waals surface area contributed by atoms with E-state index in [1.165, 1.54) is 12.1 Å². The van der Waals surface area contributed by atoms with Crippen LogP contribution in [0.3, 0.4) is 0 Å². The lowest BCUT2D eigenvalue weighted by atomic mass is 10.1. The maximum Gasteiger partial charge on any atom is 0.256 e. The van der Waals surface area contributed by atoms with E-state index in [2.05, 4.69) is 10.6 Å². The number of halogens is 2. The first-order valence-electron chi connectivity index (χ1n) is 6.62. The zero-order valence-electron chi connectivity index (χ0n) is 11.8. The molecule has 0 atom stereocenters. The molecule has 0 fully saturated rings. The average molecular weight is 307 g/mol. The molecule has 2 aromatic carbocycles. The summed E-state index contributed by atoms with van der Waals surface area (Å²) in [6.45, 7) is 4.65. The minimum absolute atomic E-state index is 0.111. The molecule has 3 nitrogen and oxygen atoms in total. The molecular weight excluding hydrogens is 291 g/mol. The van der Waals surface area contributed by atoms with Crippen molar-refractivity contribution in [1.29, 1.82) is 0 Å². The Balaban J connectivity index is 2.20. The van der Waals surface area contributed by atoms with Crippen molar-refractivity contribution in [3.63, 3.8) is 0 Å². The van der Waals surface area contributed by atoms with Gasteiger partial charge >= 0.3 is 0 Å². The average Bonchev–Trinajstić information content (AvgIpc) is 2.42. The third-order valence-corrected chi connectivity index (χ3v) is 3.27. The first-order valence-corrected chi connectivity index (χ1v) is 7.00. The van der Waals surface area contributed by atoms with Crippen LogP contribution < -0.4 is 10.6 Å². The molecular formula is C16H16ClFN2O. The summed E-state index contributed by atoms with van der Waals surface area (Å²) in [5, 5.41) is 6.01. The number of hydrogen-bond acceptors (Lipinski definition) is 2. The Morgan fingerprint density at radius 1 is 1.24 bits per heavy atom. The smallest absolute Gasteiger partial charge is 0.256 e. The van der Waals surface area contributed by atoms with Crippen LogP contribution >= 0.6 is 11.6 Å². The third-order valence-electron chi connectivity index (χ3n) is 3.03. The molecule has 2 aromatic rings. The van der Waals surface area contributed by atoms with Crippen molar-refractivity contribution in [2.45, 2.75) is 13.8 Å². The van der Waals surface area contributed by atoms with Gasteiger partial charge in [0.15, 0.2) is 0 Å². The van der Waals surface area contributed by atoms with Crippen molar-refractivity contribution in [2.24, 2.45) is 0 Å². The van der Waals surface area contributed by atoms with E-state index < -0.39 is 5.82 Å². The highest BCUT2D eigenvalue weighted by molar-refractivity contribution is 6.30. The van der Waals surface area contributed by atoms with Crippen LogP contribution in [0.15, 0.2) is 36.4 Å². The Bertz CT molecular complexity index is 673. The van der Waals surface area contributed by atoms with E-state index in [0.29, 0.717) is 5.56 Å². The number of aryl methyl sites for hydroxylation is 1. The summed E-state index contributed by atoms with van der Waals surface area (Å²) in [4.78, 5) is 12.2. The van der Waals surface area contributed by atoms with Crippen molar-refractivity contribution < 1.29 is 9.18 Å². The lowest BCUT2D eigenvalue weighted by molar-refractivity contribution is 0.102. The molecule has 0 aromatic heterocycles. The van der Waals surface area contributed by atoms with Gasteiger partial charge in [-0.1, -0.05) is 11.6 Å². The molecule has 0 spiro atoms. The maximum atomic E-state index is 13.7. The van der Waals surface area contributed by atoms with E-state index in [-0.39, 0.29) is 16.6 Å². The van der Waals surface area contributed by atoms with Crippen molar-refractivity contribution >= 4 is 28.9 Å². The number of hydrogen-bond donors (Lipinski definition) is 2. The second-order valence-electron chi connectivity index (χ2n) is 4.64. The van der Waals surface area contributed by atoms with Crippen LogP contribution in [0.2, 0.25) is 5.02 Å². The lowest BCUT2D eigenvalue weighted by Crippen LogP contribution is -2.14. The summed E-state index contributed by atoms with van der Waals surface area (Å²) in [5.74, 6) is -0.908. The Morgan fingerprint density at radius 3 is 2.62 bits per heavy atom. The molecule has 5 heteroatoms. The number of carbonyl (C=O) groups excluding carboxylic acids is 1. The first-order chi connectivity index (χ1) is 10.0. The number of amides is 1. The molecule has 0 radical (unpaired) electrons. The fourth-order valence-electron chi connectivity index (χ4n) is 2.01. The van der Waals surface area contributed by atoms with Crippen LogP contribution in [0, 0.1) is 12.7 Å². The molecule has 1 amide bonds. The SMILES string of the molecule is CCNc1ccc(C(=O)Nc2ccc(Cl)cc2F)c(C)c1. The molecule has 0 bridgehead atoms. The summed E-state index contributed by atoms with van der Waals surface area (Å²) < 4.78 is 13.7. The van der Waals surface area contributed by atoms with Crippen molar-refractivity contribution in [3.05, 3.63) is 58.4 Å². The lowest BCUT2D eigenvalue weighted by Gasteiger charge is -2.11. The van der Waals surface area contributed by atoms with Crippen LogP contribution in [0.1, 0.15) is 22.8 Å². The molecule has 0 aliphatic heterocycles. The molecule has 2 rings (SSSR count). The highest BCUT2D eigenvalue weighted by Crippen LogP contribution is 2.21. The zero-order chi connectivity index (χ0) is 15.4. The summed E-state index contributed by atoms with van der Waals surface area (Å²) in [6.07, 6.45) is 0. The molecule has 21 heavy (non-hydrogen) atoms. The van der Waals surface area contributed by atoms with Crippen molar-refractivity contribution in [1.82, 2.24) is 0 Å². The van der Waals surface area contributed by atoms with Crippen LogP contribution in [-0.2, 0) is 0 Å². The Morgan fingerprint density at radius 2 is 2.00 bits per heavy atom. The van der Waals surface area contributed by atoms with E-state index in [0.717, 1.165) is 23.9 Å². The number of benzene rings is 2. The number of anilines is 2. The van der Waals surface area contributed by atoms with Crippen LogP contribution in [0.5, 0.6) is 0 Å². The van der Waals surface area contributed by atoms with Gasteiger partial charge in [0, 0.05) is 22.8 Å². The quantitative estimate of drug-likeness (QED) is 0.875. The highest BCUT2D eigenvalue weighted by Gasteiger charge is 2.12. The van der Waals surface area contributed by atoms with Gasteiger partial charge in [-0.15, -0.1) is 0 Å². The van der Waals surface area contributed by atoms with Gasteiger partial charge in [-0.3, -0.25) is 4.79 Å². The second kappa shape index (κ2) is 6.59. The van der Waals surface area contributed by atoms with E-state index >= 15 is 0 Å². The summed E-state index contributed by atoms with van der Waals surface area (Å²) in [6, 6.07) is 9.56. The topological polar surface area (TPSA) is 41.1 Å². The van der Waals surface area contributed by atoms with Crippen molar-refractivity contribution in [3.8, 4) is 0 Å². The number of carbonyl (C=O) groups is 1. The molecule has 2 N–H and O–H groups in total. The molecule has 0 aliphatic rings. The predicted octanol–water partition coefficient (Wildman–Crippen LogP) is 4.47. The molecule has 0 heterocycles. The standard InChI is InChI=1S/C16H16ClFN2O/c1-3-19-12-5-6-13(10(2)8-12)16(21)20-15-7-4-11(17)9-14(15)18/h4-9,19H,3H2,1-2H3,(H,20,21). The molecule has 0 saturated carbocycles. The van der Waals surface area contributed by atoms with Gasteiger partial charge in [0.05, 0.1) is 5.69 Å². The maximum absolute atomic E-state index is 13.7. The van der Waals surface area contributed by atoms with Crippen LogP contribution in [-0.4, -0.2) is 12.5 Å². The molecule has 110 valence electrons. The largest absolute Gasteiger partial charge is 0.385 e. The van der Waals surface area contributed by atoms with Gasteiger partial charge in [0.1, 0.15) is 5.82 Å². The highest BCUT2D eigenvalue weighted by atomic mass is 35.5. The Kier molecular flexibility index (Phi) is 4.81. The van der Waals surface area contributed by atoms with E-state index in [1.54, 1.807) is 6.07 Å². The van der Waals surface area contributed by atoms with E-state index in [1.807, 2.05) is 26.0 Å². The number of rotatable bonds is 4. The predicted molar refractivity (Wildman–Crippen MR) is 84.7 cm³/mol. The van der Waals surface area contributed by atoms with Gasteiger partial charge in [0.25, 0.3) is 5.91 Å². The minimum atomic E-state index is -0.558. The van der Waals surface area contributed by atoms with Gasteiger partial charge in [-0.2, -0.15) is 0 Å². The monoisotopic (exact) mass is 306 g/mol. The van der Waals surface area contributed by atoms with E-state index in [9.17, 15) is 9.18 Å². The zero-order valence-corrected chi connectivity index (χ0v) is 12.6.